The van der Waals surface area contributed by atoms with E-state index >= 15 is 0 Å². The van der Waals surface area contributed by atoms with Gasteiger partial charge in [0.1, 0.15) is 6.26 Å². The first-order valence-electron chi connectivity index (χ1n) is 6.80. The summed E-state index contributed by atoms with van der Waals surface area (Å²) in [6.45, 7) is 3.36. The van der Waals surface area contributed by atoms with Crippen molar-refractivity contribution in [3.8, 4) is 0 Å². The van der Waals surface area contributed by atoms with Gasteiger partial charge in [-0.25, -0.2) is 4.98 Å². The Morgan fingerprint density at radius 1 is 1.29 bits per heavy atom. The average Bonchev–Trinajstić information content (AvgIpc) is 3.02. The highest BCUT2D eigenvalue weighted by Crippen LogP contribution is 2.23. The maximum absolute atomic E-state index is 5.60. The quantitative estimate of drug-likeness (QED) is 0.836. The van der Waals surface area contributed by atoms with Gasteiger partial charge in [0.2, 0.25) is 0 Å². The van der Waals surface area contributed by atoms with Crippen molar-refractivity contribution >= 4 is 0 Å². The van der Waals surface area contributed by atoms with Crippen LogP contribution in [-0.2, 0) is 6.42 Å². The van der Waals surface area contributed by atoms with E-state index in [9.17, 15) is 0 Å². The molecule has 3 rings (SSSR count). The molecule has 0 amide bonds. The Balaban J connectivity index is 1.60. The van der Waals surface area contributed by atoms with Crippen LogP contribution >= 0.6 is 0 Å². The summed E-state index contributed by atoms with van der Waals surface area (Å²) in [6.07, 6.45) is 7.86. The molecule has 2 saturated heterocycles. The van der Waals surface area contributed by atoms with Gasteiger partial charge in [-0.05, 0) is 44.8 Å². The van der Waals surface area contributed by atoms with E-state index in [1.54, 1.807) is 0 Å². The molecule has 0 saturated carbocycles. The second-order valence-corrected chi connectivity index (χ2v) is 5.23. The van der Waals surface area contributed by atoms with Gasteiger partial charge in [-0.1, -0.05) is 6.42 Å². The summed E-state index contributed by atoms with van der Waals surface area (Å²) in [5.41, 5.74) is 1.10. The minimum atomic E-state index is 0.419. The van der Waals surface area contributed by atoms with Crippen molar-refractivity contribution in [1.29, 1.82) is 0 Å². The van der Waals surface area contributed by atoms with Gasteiger partial charge in [-0.15, -0.1) is 0 Å². The molecule has 2 aliphatic heterocycles. The summed E-state index contributed by atoms with van der Waals surface area (Å²) in [7, 11) is 0. The average molecular weight is 235 g/mol. The van der Waals surface area contributed by atoms with Crippen LogP contribution in [0.1, 0.15) is 43.3 Å². The summed E-state index contributed by atoms with van der Waals surface area (Å²) < 4.78 is 5.60. The van der Waals surface area contributed by atoms with Crippen molar-refractivity contribution in [3.05, 3.63) is 17.8 Å². The second kappa shape index (κ2) is 5.19. The number of oxazole rings is 1. The third kappa shape index (κ3) is 2.69. The lowest BCUT2D eigenvalue weighted by atomic mass is 10.0. The zero-order valence-electron chi connectivity index (χ0n) is 10.2. The van der Waals surface area contributed by atoms with Crippen molar-refractivity contribution in [1.82, 2.24) is 15.6 Å². The monoisotopic (exact) mass is 235 g/mol. The second-order valence-electron chi connectivity index (χ2n) is 5.23. The zero-order chi connectivity index (χ0) is 11.5. The number of aromatic nitrogens is 1. The topological polar surface area (TPSA) is 50.1 Å². The van der Waals surface area contributed by atoms with Gasteiger partial charge in [-0.3, -0.25) is 0 Å². The van der Waals surface area contributed by atoms with E-state index in [2.05, 4.69) is 15.6 Å². The highest BCUT2D eigenvalue weighted by atomic mass is 16.3. The largest absolute Gasteiger partial charge is 0.449 e. The Labute approximate surface area is 102 Å². The smallest absolute Gasteiger partial charge is 0.194 e. The van der Waals surface area contributed by atoms with E-state index in [1.807, 2.05) is 6.26 Å². The predicted molar refractivity (Wildman–Crippen MR) is 65.8 cm³/mol. The molecule has 0 radical (unpaired) electrons. The minimum Gasteiger partial charge on any atom is -0.449 e. The number of rotatable bonds is 3. The van der Waals surface area contributed by atoms with Crippen LogP contribution in [-0.4, -0.2) is 24.6 Å². The van der Waals surface area contributed by atoms with Gasteiger partial charge in [0, 0.05) is 6.42 Å². The molecule has 2 aliphatic rings. The van der Waals surface area contributed by atoms with Crippen molar-refractivity contribution in [2.45, 2.75) is 38.1 Å². The fourth-order valence-corrected chi connectivity index (χ4v) is 2.82. The fourth-order valence-electron chi connectivity index (χ4n) is 2.82. The molecule has 0 spiro atoms. The minimum absolute atomic E-state index is 0.419. The summed E-state index contributed by atoms with van der Waals surface area (Å²) in [4.78, 5) is 4.64. The molecule has 0 bridgehead atoms. The molecule has 2 N–H and O–H groups in total. The normalized spacial score (nSPS) is 29.6. The molecule has 17 heavy (non-hydrogen) atoms. The first kappa shape index (κ1) is 11.2. The first-order valence-corrected chi connectivity index (χ1v) is 6.80. The molecule has 4 heteroatoms. The molecule has 0 aliphatic carbocycles. The van der Waals surface area contributed by atoms with Crippen LogP contribution in [0.5, 0.6) is 0 Å². The van der Waals surface area contributed by atoms with Gasteiger partial charge in [0.15, 0.2) is 5.89 Å². The number of nitrogens with zero attached hydrogens (tertiary/aromatic N) is 1. The van der Waals surface area contributed by atoms with E-state index < -0.39 is 0 Å². The van der Waals surface area contributed by atoms with Crippen LogP contribution in [0.15, 0.2) is 10.7 Å². The van der Waals surface area contributed by atoms with Gasteiger partial charge in [0.05, 0.1) is 11.7 Å². The highest BCUT2D eigenvalue weighted by molar-refractivity contribution is 5.05. The predicted octanol–water partition coefficient (Wildman–Crippen LogP) is 1.64. The van der Waals surface area contributed by atoms with Gasteiger partial charge in [0.25, 0.3) is 0 Å². The number of piperidine rings is 1. The van der Waals surface area contributed by atoms with Crippen molar-refractivity contribution in [3.63, 3.8) is 0 Å². The zero-order valence-corrected chi connectivity index (χ0v) is 10.2. The molecule has 1 aromatic heterocycles. The Bertz CT molecular complexity index is 351. The van der Waals surface area contributed by atoms with Crippen LogP contribution in [0.4, 0.5) is 0 Å². The highest BCUT2D eigenvalue weighted by Gasteiger charge is 2.21. The lowest BCUT2D eigenvalue weighted by Gasteiger charge is -2.20. The summed E-state index contributed by atoms with van der Waals surface area (Å²) in [5.74, 6) is 1.63. The van der Waals surface area contributed by atoms with Crippen molar-refractivity contribution < 1.29 is 4.42 Å². The van der Waals surface area contributed by atoms with Crippen LogP contribution in [0, 0.1) is 5.92 Å². The van der Waals surface area contributed by atoms with Gasteiger partial charge >= 0.3 is 0 Å². The SMILES string of the molecule is c1oc(CC2CCNC2)nc1C1CCCCN1. The molecule has 1 aromatic rings. The van der Waals surface area contributed by atoms with Crippen LogP contribution in [0.25, 0.3) is 0 Å². The van der Waals surface area contributed by atoms with E-state index in [0.717, 1.165) is 37.6 Å². The lowest BCUT2D eigenvalue weighted by Crippen LogP contribution is -2.27. The Kier molecular flexibility index (Phi) is 3.43. The third-order valence-electron chi connectivity index (χ3n) is 3.86. The molecule has 94 valence electrons. The molecule has 2 unspecified atom stereocenters. The molecular weight excluding hydrogens is 214 g/mol. The fraction of sp³-hybridized carbons (Fsp3) is 0.769. The number of hydrogen-bond donors (Lipinski definition) is 2. The van der Waals surface area contributed by atoms with E-state index in [1.165, 1.54) is 25.7 Å². The van der Waals surface area contributed by atoms with Crippen molar-refractivity contribution in [2.75, 3.05) is 19.6 Å². The number of hydrogen-bond acceptors (Lipinski definition) is 4. The molecular formula is C13H21N3O. The van der Waals surface area contributed by atoms with Gasteiger partial charge < -0.3 is 15.1 Å². The van der Waals surface area contributed by atoms with E-state index in [0.29, 0.717) is 12.0 Å². The van der Waals surface area contributed by atoms with Crippen LogP contribution in [0.3, 0.4) is 0 Å². The summed E-state index contributed by atoms with van der Waals surface area (Å²) in [6, 6.07) is 0.419. The summed E-state index contributed by atoms with van der Waals surface area (Å²) >= 11 is 0. The Hall–Kier alpha value is -0.870. The molecule has 2 atom stereocenters. The van der Waals surface area contributed by atoms with Gasteiger partial charge in [-0.2, -0.15) is 0 Å². The maximum atomic E-state index is 5.60. The number of nitrogens with one attached hydrogen (secondary N) is 2. The first-order chi connectivity index (χ1) is 8.42. The molecule has 2 fully saturated rings. The van der Waals surface area contributed by atoms with E-state index in [-0.39, 0.29) is 0 Å². The van der Waals surface area contributed by atoms with E-state index in [4.69, 9.17) is 4.42 Å². The molecule has 4 nitrogen and oxygen atoms in total. The molecule has 3 heterocycles. The maximum Gasteiger partial charge on any atom is 0.194 e. The van der Waals surface area contributed by atoms with Crippen LogP contribution in [0.2, 0.25) is 0 Å². The standard InChI is InChI=1S/C13H21N3O/c1-2-5-15-11(3-1)12-9-17-13(16-12)7-10-4-6-14-8-10/h9-11,14-15H,1-8H2. The Morgan fingerprint density at radius 3 is 3.06 bits per heavy atom. The third-order valence-corrected chi connectivity index (χ3v) is 3.86. The molecule has 0 aromatic carbocycles. The summed E-state index contributed by atoms with van der Waals surface area (Å²) in [5, 5.41) is 6.89. The lowest BCUT2D eigenvalue weighted by molar-refractivity contribution is 0.404. The Morgan fingerprint density at radius 2 is 2.29 bits per heavy atom. The van der Waals surface area contributed by atoms with Crippen molar-refractivity contribution in [2.24, 2.45) is 5.92 Å². The van der Waals surface area contributed by atoms with Crippen LogP contribution < -0.4 is 10.6 Å².